The van der Waals surface area contributed by atoms with Crippen molar-refractivity contribution in [2.75, 3.05) is 6.54 Å². The first-order valence-electron chi connectivity index (χ1n) is 8.78. The number of likely N-dealkylation sites (tertiary alicyclic amines) is 1. The third-order valence-electron chi connectivity index (χ3n) is 4.54. The molecule has 6 nitrogen and oxygen atoms in total. The molecule has 152 valence electrons. The fraction of sp³-hybridized carbons (Fsp3) is 0.250. The number of aliphatic carboxylic acids is 1. The largest absolute Gasteiger partial charge is 0.490 e. The number of carboxylic acids is 1. The number of hydrogen-bond acceptors (Lipinski definition) is 3. The second-order valence-electron chi connectivity index (χ2n) is 6.61. The summed E-state index contributed by atoms with van der Waals surface area (Å²) in [6.45, 7) is 2.82. The average Bonchev–Trinajstić information content (AvgIpc) is 3.04. The number of alkyl halides is 3. The van der Waals surface area contributed by atoms with E-state index in [1.165, 1.54) is 5.56 Å². The van der Waals surface area contributed by atoms with E-state index in [0.29, 0.717) is 5.69 Å². The van der Waals surface area contributed by atoms with E-state index >= 15 is 0 Å². The van der Waals surface area contributed by atoms with Gasteiger partial charge in [-0.2, -0.15) is 13.2 Å². The van der Waals surface area contributed by atoms with Gasteiger partial charge < -0.3 is 14.4 Å². The number of nitrogens with zero attached hydrogens (tertiary/aromatic N) is 3. The van der Waals surface area contributed by atoms with Crippen molar-refractivity contribution in [2.45, 2.75) is 25.6 Å². The lowest BCUT2D eigenvalue weighted by atomic mass is 9.94. The smallest absolute Gasteiger partial charge is 0.475 e. The van der Waals surface area contributed by atoms with Crippen LogP contribution in [-0.2, 0) is 4.79 Å². The highest BCUT2D eigenvalue weighted by molar-refractivity contribution is 5.93. The van der Waals surface area contributed by atoms with Gasteiger partial charge in [-0.05, 0) is 36.6 Å². The number of carbonyl (C=O) groups is 2. The fourth-order valence-corrected chi connectivity index (χ4v) is 2.99. The number of benzene rings is 1. The standard InChI is InChI=1S/C18H17N3O.C2HF3O2/c1-13-7-9-20-12-15(19-17(20)11-13)18(22)21-10-8-16(21)14-5-3-2-4-6-14;3-2(4,5)1(6)7/h2-7,9,11-12,16H,8,10H2,1H3;(H,6,7). The summed E-state index contributed by atoms with van der Waals surface area (Å²) in [5, 5.41) is 7.12. The highest BCUT2D eigenvalue weighted by atomic mass is 19.4. The maximum absolute atomic E-state index is 12.7. The molecular formula is C20H18F3N3O3. The van der Waals surface area contributed by atoms with Crippen molar-refractivity contribution in [3.05, 3.63) is 71.7 Å². The van der Waals surface area contributed by atoms with E-state index in [4.69, 9.17) is 9.90 Å². The highest BCUT2D eigenvalue weighted by Gasteiger charge is 2.38. The number of carbonyl (C=O) groups excluding carboxylic acids is 1. The Hall–Kier alpha value is -3.36. The van der Waals surface area contributed by atoms with Crippen LogP contribution < -0.4 is 0 Å². The van der Waals surface area contributed by atoms with Crippen LogP contribution in [0.15, 0.2) is 54.9 Å². The second-order valence-corrected chi connectivity index (χ2v) is 6.61. The number of hydrogen-bond donors (Lipinski definition) is 1. The van der Waals surface area contributed by atoms with Crippen LogP contribution in [0.25, 0.3) is 5.65 Å². The van der Waals surface area contributed by atoms with E-state index < -0.39 is 12.1 Å². The van der Waals surface area contributed by atoms with Gasteiger partial charge in [0.15, 0.2) is 0 Å². The molecule has 1 saturated heterocycles. The molecule has 0 bridgehead atoms. The summed E-state index contributed by atoms with van der Waals surface area (Å²) in [6.07, 6.45) is -0.307. The van der Waals surface area contributed by atoms with Crippen molar-refractivity contribution >= 4 is 17.5 Å². The molecule has 9 heteroatoms. The Morgan fingerprint density at radius 1 is 1.17 bits per heavy atom. The number of aromatic nitrogens is 2. The Kier molecular flexibility index (Phi) is 5.58. The van der Waals surface area contributed by atoms with Crippen LogP contribution in [-0.4, -0.2) is 44.0 Å². The van der Waals surface area contributed by atoms with Crippen molar-refractivity contribution in [2.24, 2.45) is 0 Å². The van der Waals surface area contributed by atoms with E-state index in [0.717, 1.165) is 24.2 Å². The van der Waals surface area contributed by atoms with Crippen molar-refractivity contribution in [3.63, 3.8) is 0 Å². The predicted octanol–water partition coefficient (Wildman–Crippen LogP) is 3.86. The lowest BCUT2D eigenvalue weighted by Gasteiger charge is -2.41. The van der Waals surface area contributed by atoms with Gasteiger partial charge in [-0.15, -0.1) is 0 Å². The third-order valence-corrected chi connectivity index (χ3v) is 4.54. The number of amides is 1. The van der Waals surface area contributed by atoms with Gasteiger partial charge >= 0.3 is 12.1 Å². The number of halogens is 3. The summed E-state index contributed by atoms with van der Waals surface area (Å²) in [7, 11) is 0. The highest BCUT2D eigenvalue weighted by Crippen LogP contribution is 2.34. The molecule has 1 aromatic carbocycles. The Morgan fingerprint density at radius 2 is 1.83 bits per heavy atom. The predicted molar refractivity (Wildman–Crippen MR) is 98.5 cm³/mol. The summed E-state index contributed by atoms with van der Waals surface area (Å²) in [6, 6.07) is 14.4. The van der Waals surface area contributed by atoms with Crippen molar-refractivity contribution in [1.29, 1.82) is 0 Å². The topological polar surface area (TPSA) is 74.9 Å². The molecule has 1 amide bonds. The van der Waals surface area contributed by atoms with Gasteiger partial charge in [0, 0.05) is 18.9 Å². The van der Waals surface area contributed by atoms with Crippen LogP contribution in [0, 0.1) is 6.92 Å². The van der Waals surface area contributed by atoms with E-state index in [2.05, 4.69) is 17.1 Å². The summed E-state index contributed by atoms with van der Waals surface area (Å²) in [5.41, 5.74) is 3.68. The van der Waals surface area contributed by atoms with Gasteiger partial charge in [-0.25, -0.2) is 9.78 Å². The molecule has 1 N–H and O–H groups in total. The quantitative estimate of drug-likeness (QED) is 0.703. The maximum Gasteiger partial charge on any atom is 0.490 e. The summed E-state index contributed by atoms with van der Waals surface area (Å²) in [4.78, 5) is 28.0. The molecule has 1 aliphatic heterocycles. The first-order chi connectivity index (χ1) is 13.7. The van der Waals surface area contributed by atoms with Gasteiger partial charge in [0.05, 0.1) is 6.04 Å². The Morgan fingerprint density at radius 3 is 2.38 bits per heavy atom. The monoisotopic (exact) mass is 405 g/mol. The third kappa shape index (κ3) is 4.56. The molecule has 0 radical (unpaired) electrons. The second kappa shape index (κ2) is 7.94. The minimum Gasteiger partial charge on any atom is -0.475 e. The minimum atomic E-state index is -5.08. The van der Waals surface area contributed by atoms with E-state index in [1.807, 2.05) is 58.9 Å². The van der Waals surface area contributed by atoms with E-state index in [1.54, 1.807) is 0 Å². The van der Waals surface area contributed by atoms with Crippen molar-refractivity contribution in [1.82, 2.24) is 14.3 Å². The zero-order valence-electron chi connectivity index (χ0n) is 15.4. The van der Waals surface area contributed by atoms with Crippen LogP contribution in [0.3, 0.4) is 0 Å². The lowest BCUT2D eigenvalue weighted by molar-refractivity contribution is -0.192. The molecule has 29 heavy (non-hydrogen) atoms. The van der Waals surface area contributed by atoms with Crippen LogP contribution in [0.2, 0.25) is 0 Å². The SMILES string of the molecule is Cc1ccn2cc(C(=O)N3CCC3c3ccccc3)nc2c1.O=C(O)C(F)(F)F. The first kappa shape index (κ1) is 20.4. The number of pyridine rings is 1. The zero-order valence-corrected chi connectivity index (χ0v) is 15.4. The molecule has 0 aliphatic carbocycles. The van der Waals surface area contributed by atoms with Gasteiger partial charge in [0.25, 0.3) is 5.91 Å². The summed E-state index contributed by atoms with van der Waals surface area (Å²) >= 11 is 0. The van der Waals surface area contributed by atoms with E-state index in [-0.39, 0.29) is 11.9 Å². The van der Waals surface area contributed by atoms with E-state index in [9.17, 15) is 18.0 Å². The number of aryl methyl sites for hydroxylation is 1. The number of carboxylic acid groups (broad SMARTS) is 1. The van der Waals surface area contributed by atoms with Crippen LogP contribution >= 0.6 is 0 Å². The molecule has 4 rings (SSSR count). The van der Waals surface area contributed by atoms with Crippen molar-refractivity contribution in [3.8, 4) is 0 Å². The number of rotatable bonds is 2. The average molecular weight is 405 g/mol. The van der Waals surface area contributed by atoms with Gasteiger partial charge in [0.2, 0.25) is 0 Å². The maximum atomic E-state index is 12.7. The first-order valence-corrected chi connectivity index (χ1v) is 8.78. The molecular weight excluding hydrogens is 387 g/mol. The summed E-state index contributed by atoms with van der Waals surface area (Å²) < 4.78 is 33.6. The zero-order chi connectivity index (χ0) is 21.2. The summed E-state index contributed by atoms with van der Waals surface area (Å²) in [5.74, 6) is -2.74. The van der Waals surface area contributed by atoms with Gasteiger partial charge in [0.1, 0.15) is 11.3 Å². The molecule has 1 atom stereocenters. The molecule has 0 spiro atoms. The van der Waals surface area contributed by atoms with Gasteiger partial charge in [-0.3, -0.25) is 4.79 Å². The number of imidazole rings is 1. The number of fused-ring (bicyclic) bond motifs is 1. The Balaban J connectivity index is 0.000000298. The normalized spacial score (nSPS) is 16.0. The van der Waals surface area contributed by atoms with Crippen molar-refractivity contribution < 1.29 is 27.9 Å². The molecule has 2 aromatic heterocycles. The Labute approximate surface area is 164 Å². The molecule has 0 saturated carbocycles. The minimum absolute atomic E-state index is 0.0152. The molecule has 1 fully saturated rings. The Bertz CT molecular complexity index is 1030. The lowest BCUT2D eigenvalue weighted by Crippen LogP contribution is -2.45. The van der Waals surface area contributed by atoms with Crippen LogP contribution in [0.1, 0.15) is 34.1 Å². The van der Waals surface area contributed by atoms with Gasteiger partial charge in [-0.1, -0.05) is 30.3 Å². The molecule has 1 aliphatic rings. The van der Waals surface area contributed by atoms with Crippen LogP contribution in [0.4, 0.5) is 13.2 Å². The van der Waals surface area contributed by atoms with Crippen LogP contribution in [0.5, 0.6) is 0 Å². The molecule has 3 aromatic rings. The molecule has 1 unspecified atom stereocenters. The molecule has 3 heterocycles. The fourth-order valence-electron chi connectivity index (χ4n) is 2.99.